The highest BCUT2D eigenvalue weighted by atomic mass is 16.3. The molecule has 232 valence electrons. The SMILES string of the molecule is CCCCCCCCCC(O)CCCCCCCC.CCCCCCCCCCC(O)CCCCCCC. The van der Waals surface area contributed by atoms with Gasteiger partial charge in [-0.25, -0.2) is 0 Å². The fourth-order valence-electron chi connectivity index (χ4n) is 5.28. The zero-order chi connectivity index (χ0) is 28.4. The molecule has 0 saturated carbocycles. The van der Waals surface area contributed by atoms with Crippen molar-refractivity contribution in [1.82, 2.24) is 0 Å². The fourth-order valence-corrected chi connectivity index (χ4v) is 5.28. The molecule has 0 heterocycles. The van der Waals surface area contributed by atoms with E-state index in [0.29, 0.717) is 0 Å². The summed E-state index contributed by atoms with van der Waals surface area (Å²) in [7, 11) is 0. The third-order valence-electron chi connectivity index (χ3n) is 8.06. The maximum atomic E-state index is 9.89. The minimum absolute atomic E-state index is 0.0261. The van der Waals surface area contributed by atoms with Gasteiger partial charge in [0.25, 0.3) is 0 Å². The Labute approximate surface area is 242 Å². The van der Waals surface area contributed by atoms with E-state index in [2.05, 4.69) is 27.7 Å². The van der Waals surface area contributed by atoms with Gasteiger partial charge in [-0.2, -0.15) is 0 Å². The Morgan fingerprint density at radius 1 is 0.263 bits per heavy atom. The Morgan fingerprint density at radius 3 is 0.605 bits per heavy atom. The number of hydrogen-bond donors (Lipinski definition) is 2. The van der Waals surface area contributed by atoms with Crippen LogP contribution in [0.4, 0.5) is 0 Å². The van der Waals surface area contributed by atoms with Gasteiger partial charge in [0.15, 0.2) is 0 Å². The zero-order valence-electron chi connectivity index (χ0n) is 27.3. The third-order valence-corrected chi connectivity index (χ3v) is 8.06. The van der Waals surface area contributed by atoms with Crippen molar-refractivity contribution in [2.75, 3.05) is 0 Å². The summed E-state index contributed by atoms with van der Waals surface area (Å²) in [5.74, 6) is 0. The maximum absolute atomic E-state index is 9.89. The number of aliphatic hydroxyl groups is 2. The smallest absolute Gasteiger partial charge is 0.0540 e. The summed E-state index contributed by atoms with van der Waals surface area (Å²) in [4.78, 5) is 0. The van der Waals surface area contributed by atoms with Crippen molar-refractivity contribution in [2.45, 2.75) is 233 Å². The van der Waals surface area contributed by atoms with Crippen molar-refractivity contribution in [1.29, 1.82) is 0 Å². The van der Waals surface area contributed by atoms with Gasteiger partial charge < -0.3 is 10.2 Å². The summed E-state index contributed by atoms with van der Waals surface area (Å²) in [5.41, 5.74) is 0. The lowest BCUT2D eigenvalue weighted by Gasteiger charge is -2.10. The molecular weight excluding hydrogens is 464 g/mol. The van der Waals surface area contributed by atoms with Crippen LogP contribution in [0.2, 0.25) is 0 Å². The molecule has 0 aliphatic heterocycles. The molecule has 0 fully saturated rings. The van der Waals surface area contributed by atoms with Crippen LogP contribution in [0.3, 0.4) is 0 Å². The van der Waals surface area contributed by atoms with Gasteiger partial charge in [-0.1, -0.05) is 195 Å². The predicted octanol–water partition coefficient (Wildman–Crippen LogP) is 12.5. The van der Waals surface area contributed by atoms with E-state index in [4.69, 9.17) is 0 Å². The molecule has 2 heteroatoms. The Kier molecular flexibility index (Phi) is 38.9. The van der Waals surface area contributed by atoms with Crippen LogP contribution in [0.25, 0.3) is 0 Å². The van der Waals surface area contributed by atoms with Gasteiger partial charge in [0.1, 0.15) is 0 Å². The van der Waals surface area contributed by atoms with E-state index in [1.54, 1.807) is 0 Å². The Balaban J connectivity index is 0. The van der Waals surface area contributed by atoms with Crippen LogP contribution in [0.5, 0.6) is 0 Å². The second kappa shape index (κ2) is 36.9. The van der Waals surface area contributed by atoms with Crippen molar-refractivity contribution in [2.24, 2.45) is 0 Å². The molecule has 0 aromatic rings. The van der Waals surface area contributed by atoms with Crippen LogP contribution >= 0.6 is 0 Å². The summed E-state index contributed by atoms with van der Waals surface area (Å²) in [6.45, 7) is 9.03. The van der Waals surface area contributed by atoms with Gasteiger partial charge in [0, 0.05) is 0 Å². The molecule has 0 spiro atoms. The summed E-state index contributed by atoms with van der Waals surface area (Å²) in [6.07, 6.45) is 38.9. The standard InChI is InChI=1S/2C18H38O/c1-3-5-7-9-10-11-13-15-17-18(19)16-14-12-8-6-4-2;1-3-5-7-9-11-13-15-17-18(19)16-14-12-10-8-6-4-2/h2*18-19H,3-17H2,1-2H3. The Bertz CT molecular complexity index is 384. The van der Waals surface area contributed by atoms with Gasteiger partial charge >= 0.3 is 0 Å². The molecular formula is C36H76O2. The average Bonchev–Trinajstić information content (AvgIpc) is 2.92. The topological polar surface area (TPSA) is 40.5 Å². The quantitative estimate of drug-likeness (QED) is 0.0889. The maximum Gasteiger partial charge on any atom is 0.0540 e. The first-order chi connectivity index (χ1) is 18.6. The predicted molar refractivity (Wildman–Crippen MR) is 173 cm³/mol. The number of aliphatic hydroxyl groups excluding tert-OH is 2. The Hall–Kier alpha value is -0.0800. The molecule has 0 aliphatic carbocycles. The van der Waals surface area contributed by atoms with Gasteiger partial charge in [-0.05, 0) is 25.7 Å². The van der Waals surface area contributed by atoms with Crippen LogP contribution in [0.15, 0.2) is 0 Å². The molecule has 0 radical (unpaired) electrons. The summed E-state index contributed by atoms with van der Waals surface area (Å²) >= 11 is 0. The van der Waals surface area contributed by atoms with E-state index < -0.39 is 0 Å². The fraction of sp³-hybridized carbons (Fsp3) is 1.00. The molecule has 0 aliphatic rings. The molecule has 0 rings (SSSR count). The molecule has 0 bridgehead atoms. The summed E-state index contributed by atoms with van der Waals surface area (Å²) in [6, 6.07) is 0. The van der Waals surface area contributed by atoms with Crippen LogP contribution in [0, 0.1) is 0 Å². The number of unbranched alkanes of at least 4 members (excludes halogenated alkanes) is 22. The first kappa shape index (κ1) is 40.1. The van der Waals surface area contributed by atoms with Crippen molar-refractivity contribution in [3.8, 4) is 0 Å². The van der Waals surface area contributed by atoms with Crippen LogP contribution in [-0.4, -0.2) is 22.4 Å². The lowest BCUT2D eigenvalue weighted by molar-refractivity contribution is 0.146. The second-order valence-corrected chi connectivity index (χ2v) is 12.2. The zero-order valence-corrected chi connectivity index (χ0v) is 27.3. The van der Waals surface area contributed by atoms with Crippen molar-refractivity contribution in [3.63, 3.8) is 0 Å². The largest absolute Gasteiger partial charge is 0.393 e. The van der Waals surface area contributed by atoms with E-state index in [9.17, 15) is 10.2 Å². The summed E-state index contributed by atoms with van der Waals surface area (Å²) in [5, 5.41) is 19.8. The van der Waals surface area contributed by atoms with Crippen molar-refractivity contribution >= 4 is 0 Å². The molecule has 0 saturated heterocycles. The van der Waals surface area contributed by atoms with Crippen molar-refractivity contribution < 1.29 is 10.2 Å². The molecule has 0 aromatic carbocycles. The van der Waals surface area contributed by atoms with E-state index in [0.717, 1.165) is 25.7 Å². The average molecular weight is 541 g/mol. The van der Waals surface area contributed by atoms with E-state index in [1.165, 1.54) is 167 Å². The molecule has 2 N–H and O–H groups in total. The van der Waals surface area contributed by atoms with Crippen molar-refractivity contribution in [3.05, 3.63) is 0 Å². The van der Waals surface area contributed by atoms with Crippen LogP contribution in [0.1, 0.15) is 220 Å². The highest BCUT2D eigenvalue weighted by Gasteiger charge is 2.04. The number of rotatable bonds is 30. The molecule has 0 aromatic heterocycles. The molecule has 2 unspecified atom stereocenters. The monoisotopic (exact) mass is 541 g/mol. The van der Waals surface area contributed by atoms with E-state index >= 15 is 0 Å². The Morgan fingerprint density at radius 2 is 0.421 bits per heavy atom. The lowest BCUT2D eigenvalue weighted by Crippen LogP contribution is -2.05. The molecule has 0 amide bonds. The van der Waals surface area contributed by atoms with E-state index in [-0.39, 0.29) is 12.2 Å². The molecule has 2 nitrogen and oxygen atoms in total. The molecule has 38 heavy (non-hydrogen) atoms. The van der Waals surface area contributed by atoms with Gasteiger partial charge in [0.2, 0.25) is 0 Å². The minimum Gasteiger partial charge on any atom is -0.393 e. The van der Waals surface area contributed by atoms with Crippen LogP contribution in [-0.2, 0) is 0 Å². The lowest BCUT2D eigenvalue weighted by atomic mass is 10.0. The minimum atomic E-state index is -0.0262. The molecule has 2 atom stereocenters. The summed E-state index contributed by atoms with van der Waals surface area (Å²) < 4.78 is 0. The number of hydrogen-bond acceptors (Lipinski definition) is 2. The highest BCUT2D eigenvalue weighted by Crippen LogP contribution is 2.15. The third kappa shape index (κ3) is 38.1. The highest BCUT2D eigenvalue weighted by molar-refractivity contribution is 4.58. The van der Waals surface area contributed by atoms with Gasteiger partial charge in [-0.15, -0.1) is 0 Å². The normalized spacial score (nSPS) is 12.8. The first-order valence-corrected chi connectivity index (χ1v) is 18.0. The van der Waals surface area contributed by atoms with Gasteiger partial charge in [-0.3, -0.25) is 0 Å². The van der Waals surface area contributed by atoms with Crippen LogP contribution < -0.4 is 0 Å². The van der Waals surface area contributed by atoms with Gasteiger partial charge in [0.05, 0.1) is 12.2 Å². The first-order valence-electron chi connectivity index (χ1n) is 18.0. The second-order valence-electron chi connectivity index (χ2n) is 12.2. The van der Waals surface area contributed by atoms with E-state index in [1.807, 2.05) is 0 Å².